The van der Waals surface area contributed by atoms with E-state index in [9.17, 15) is 0 Å². The van der Waals surface area contributed by atoms with Crippen molar-refractivity contribution in [2.75, 3.05) is 12.3 Å². The largest absolute Gasteiger partial charge is 0.382 e. The molecule has 0 unspecified atom stereocenters. The second-order valence-corrected chi connectivity index (χ2v) is 6.18. The van der Waals surface area contributed by atoms with Gasteiger partial charge >= 0.3 is 0 Å². The molecule has 6 heteroatoms. The van der Waals surface area contributed by atoms with Gasteiger partial charge in [0.2, 0.25) is 0 Å². The van der Waals surface area contributed by atoms with Crippen LogP contribution >= 0.6 is 0 Å². The highest BCUT2D eigenvalue weighted by atomic mass is 16.6. The van der Waals surface area contributed by atoms with E-state index in [0.717, 1.165) is 62.1 Å². The van der Waals surface area contributed by atoms with Crippen LogP contribution in [-0.2, 0) is 17.8 Å². The van der Waals surface area contributed by atoms with Crippen LogP contribution in [0.15, 0.2) is 12.3 Å². The van der Waals surface area contributed by atoms with Gasteiger partial charge in [0.15, 0.2) is 5.82 Å². The molecular formula is C17H29N5O. The van der Waals surface area contributed by atoms with Gasteiger partial charge in [-0.05, 0) is 39.2 Å². The van der Waals surface area contributed by atoms with Crippen LogP contribution in [0.2, 0.25) is 0 Å². The van der Waals surface area contributed by atoms with Crippen molar-refractivity contribution < 1.29 is 4.84 Å². The summed E-state index contributed by atoms with van der Waals surface area (Å²) in [5, 5.41) is 0. The maximum Gasteiger partial charge on any atom is 0.151 e. The number of fused-ring (bicyclic) bond motifs is 1. The van der Waals surface area contributed by atoms with Gasteiger partial charge in [0.1, 0.15) is 11.3 Å². The van der Waals surface area contributed by atoms with Crippen molar-refractivity contribution in [2.24, 2.45) is 0 Å². The summed E-state index contributed by atoms with van der Waals surface area (Å²) in [7, 11) is 0. The number of nitrogens with one attached hydrogen (secondary N) is 1. The Bertz CT molecular complexity index is 608. The maximum atomic E-state index is 5.97. The van der Waals surface area contributed by atoms with Gasteiger partial charge in [0, 0.05) is 25.2 Å². The van der Waals surface area contributed by atoms with Gasteiger partial charge in [-0.1, -0.05) is 13.3 Å². The quantitative estimate of drug-likeness (QED) is 0.520. The molecule has 0 saturated heterocycles. The van der Waals surface area contributed by atoms with E-state index in [4.69, 9.17) is 15.6 Å². The summed E-state index contributed by atoms with van der Waals surface area (Å²) in [5.74, 6) is 1.63. The summed E-state index contributed by atoms with van der Waals surface area (Å²) in [6, 6.07) is 2.36. The number of nitrogens with zero attached hydrogens (tertiary/aromatic N) is 3. The highest BCUT2D eigenvalue weighted by molar-refractivity contribution is 5.85. The fourth-order valence-corrected chi connectivity index (χ4v) is 2.57. The predicted molar refractivity (Wildman–Crippen MR) is 94.0 cm³/mol. The molecule has 2 rings (SSSR count). The first-order valence-corrected chi connectivity index (χ1v) is 8.60. The lowest BCUT2D eigenvalue weighted by atomic mass is 10.2. The molecule has 2 heterocycles. The lowest BCUT2D eigenvalue weighted by molar-refractivity contribution is 0.0216. The van der Waals surface area contributed by atoms with Crippen LogP contribution in [-0.4, -0.2) is 27.2 Å². The van der Waals surface area contributed by atoms with Crippen molar-refractivity contribution in [3.05, 3.63) is 18.1 Å². The smallest absolute Gasteiger partial charge is 0.151 e. The number of pyridine rings is 1. The minimum absolute atomic E-state index is 0.351. The van der Waals surface area contributed by atoms with E-state index < -0.39 is 0 Å². The Balaban J connectivity index is 2.01. The monoisotopic (exact) mass is 319 g/mol. The zero-order chi connectivity index (χ0) is 16.7. The van der Waals surface area contributed by atoms with Crippen molar-refractivity contribution in [3.63, 3.8) is 0 Å². The van der Waals surface area contributed by atoms with Crippen LogP contribution in [0.25, 0.3) is 11.0 Å². The Morgan fingerprint density at radius 1 is 1.30 bits per heavy atom. The van der Waals surface area contributed by atoms with Gasteiger partial charge in [0.05, 0.1) is 12.1 Å². The van der Waals surface area contributed by atoms with E-state index in [-0.39, 0.29) is 0 Å². The molecule has 0 aliphatic carbocycles. The fourth-order valence-electron chi connectivity index (χ4n) is 2.57. The Kier molecular flexibility index (Phi) is 6.80. The van der Waals surface area contributed by atoms with Crippen LogP contribution in [0.1, 0.15) is 52.3 Å². The molecule has 2 aromatic heterocycles. The lowest BCUT2D eigenvalue weighted by Gasteiger charge is -2.10. The van der Waals surface area contributed by atoms with Crippen molar-refractivity contribution in [3.8, 4) is 0 Å². The second kappa shape index (κ2) is 8.84. The number of hydrogen-bond donors (Lipinski definition) is 2. The molecule has 23 heavy (non-hydrogen) atoms. The highest BCUT2D eigenvalue weighted by Crippen LogP contribution is 2.21. The molecule has 0 aliphatic heterocycles. The summed E-state index contributed by atoms with van der Waals surface area (Å²) < 4.78 is 2.29. The molecule has 0 amide bonds. The number of unbranched alkanes of at least 4 members (excludes halogenated alkanes) is 2. The topological polar surface area (TPSA) is 78.0 Å². The van der Waals surface area contributed by atoms with Crippen LogP contribution < -0.4 is 11.2 Å². The third-order valence-corrected chi connectivity index (χ3v) is 3.73. The van der Waals surface area contributed by atoms with E-state index >= 15 is 0 Å². The number of aryl methyl sites for hydroxylation is 2. The SMILES string of the molecule is CCCCc1nc2c(N)nccc2n1CCCCONC(C)C. The molecule has 0 aliphatic rings. The summed E-state index contributed by atoms with van der Waals surface area (Å²) in [5.41, 5.74) is 10.9. The molecule has 3 N–H and O–H groups in total. The van der Waals surface area contributed by atoms with Gasteiger partial charge in [0.25, 0.3) is 0 Å². The number of aromatic nitrogens is 3. The van der Waals surface area contributed by atoms with Crippen LogP contribution in [0.3, 0.4) is 0 Å². The lowest BCUT2D eigenvalue weighted by Crippen LogP contribution is -2.23. The first-order valence-electron chi connectivity index (χ1n) is 8.60. The average Bonchev–Trinajstić information content (AvgIpc) is 2.88. The first-order chi connectivity index (χ1) is 11.1. The minimum Gasteiger partial charge on any atom is -0.382 e. The van der Waals surface area contributed by atoms with Crippen molar-refractivity contribution in [2.45, 2.75) is 65.5 Å². The van der Waals surface area contributed by atoms with Crippen LogP contribution in [0, 0.1) is 0 Å². The van der Waals surface area contributed by atoms with E-state index in [1.807, 2.05) is 6.07 Å². The molecular weight excluding hydrogens is 290 g/mol. The van der Waals surface area contributed by atoms with Crippen molar-refractivity contribution >= 4 is 16.9 Å². The third kappa shape index (κ3) is 4.91. The second-order valence-electron chi connectivity index (χ2n) is 6.18. The number of imidazole rings is 1. The summed E-state index contributed by atoms with van der Waals surface area (Å²) in [6.45, 7) is 7.98. The molecule has 128 valence electrons. The van der Waals surface area contributed by atoms with E-state index in [1.54, 1.807) is 6.20 Å². The Hall–Kier alpha value is -1.66. The van der Waals surface area contributed by atoms with Gasteiger partial charge in [-0.25, -0.2) is 15.4 Å². The number of nitrogen functional groups attached to an aromatic ring is 1. The zero-order valence-electron chi connectivity index (χ0n) is 14.5. The van der Waals surface area contributed by atoms with E-state index in [0.29, 0.717) is 11.9 Å². The number of nitrogens with two attached hydrogens (primary N) is 1. The molecule has 0 atom stereocenters. The molecule has 0 radical (unpaired) electrons. The van der Waals surface area contributed by atoms with Gasteiger partial charge in [-0.2, -0.15) is 0 Å². The molecule has 0 saturated carbocycles. The Morgan fingerprint density at radius 3 is 2.87 bits per heavy atom. The summed E-state index contributed by atoms with van der Waals surface area (Å²) in [6.07, 6.45) is 7.09. The average molecular weight is 319 g/mol. The highest BCUT2D eigenvalue weighted by Gasteiger charge is 2.12. The molecule has 2 aromatic rings. The predicted octanol–water partition coefficient (Wildman–Crippen LogP) is 3.07. The van der Waals surface area contributed by atoms with Crippen LogP contribution in [0.4, 0.5) is 5.82 Å². The standard InChI is InChI=1S/C17H29N5O/c1-4-5-8-15-20-16-14(9-10-19-17(16)18)22(15)11-6-7-12-23-21-13(2)3/h9-10,13,21H,4-8,11-12H2,1-3H3,(H2,18,19). The van der Waals surface area contributed by atoms with Gasteiger partial charge in [-0.15, -0.1) is 0 Å². The van der Waals surface area contributed by atoms with Crippen molar-refractivity contribution in [1.82, 2.24) is 20.0 Å². The first kappa shape index (κ1) is 17.7. The Morgan fingerprint density at radius 2 is 2.13 bits per heavy atom. The molecule has 0 aromatic carbocycles. The molecule has 0 bridgehead atoms. The summed E-state index contributed by atoms with van der Waals surface area (Å²) in [4.78, 5) is 14.3. The number of hydroxylamine groups is 1. The van der Waals surface area contributed by atoms with Crippen molar-refractivity contribution in [1.29, 1.82) is 0 Å². The van der Waals surface area contributed by atoms with Gasteiger partial charge in [-0.3, -0.25) is 0 Å². The Labute approximate surface area is 138 Å². The molecule has 0 spiro atoms. The zero-order valence-corrected chi connectivity index (χ0v) is 14.5. The maximum absolute atomic E-state index is 5.97. The third-order valence-electron chi connectivity index (χ3n) is 3.73. The minimum atomic E-state index is 0.351. The van der Waals surface area contributed by atoms with Gasteiger partial charge < -0.3 is 15.1 Å². The van der Waals surface area contributed by atoms with E-state index in [1.165, 1.54) is 0 Å². The number of hydrogen-bond acceptors (Lipinski definition) is 5. The summed E-state index contributed by atoms with van der Waals surface area (Å²) >= 11 is 0. The number of anilines is 1. The van der Waals surface area contributed by atoms with E-state index in [2.05, 4.69) is 35.8 Å². The molecule has 0 fully saturated rings. The molecule has 6 nitrogen and oxygen atoms in total. The number of rotatable bonds is 10. The van der Waals surface area contributed by atoms with Crippen LogP contribution in [0.5, 0.6) is 0 Å². The fraction of sp³-hybridized carbons (Fsp3) is 0.647. The normalized spacial score (nSPS) is 11.7.